The van der Waals surface area contributed by atoms with Crippen LogP contribution in [-0.4, -0.2) is 29.3 Å². The second-order valence-electron chi connectivity index (χ2n) is 3.46. The largest absolute Gasteiger partial charge is 0.476 e. The van der Waals surface area contributed by atoms with Crippen molar-refractivity contribution >= 4 is 5.97 Å². The highest BCUT2D eigenvalue weighted by atomic mass is 16.5. The molecule has 0 aliphatic carbocycles. The minimum atomic E-state index is -1.04. The summed E-state index contributed by atoms with van der Waals surface area (Å²) in [5.74, 6) is -0.0947. The molecule has 0 bridgehead atoms. The maximum absolute atomic E-state index is 10.6. The van der Waals surface area contributed by atoms with Crippen molar-refractivity contribution in [3.8, 4) is 0 Å². The zero-order valence-electron chi connectivity index (χ0n) is 7.69. The summed E-state index contributed by atoms with van der Waals surface area (Å²) in [7, 11) is 0. The third kappa shape index (κ3) is 1.77. The van der Waals surface area contributed by atoms with Crippen molar-refractivity contribution < 1.29 is 14.4 Å². The maximum Gasteiger partial charge on any atom is 0.358 e. The Labute approximate surface area is 81.1 Å². The lowest BCUT2D eigenvalue weighted by molar-refractivity contribution is 0.0685. The Kier molecular flexibility index (Phi) is 2.49. The molecule has 0 spiro atoms. The minimum absolute atomic E-state index is 0.00873. The van der Waals surface area contributed by atoms with Crippen molar-refractivity contribution in [2.75, 3.05) is 13.1 Å². The Morgan fingerprint density at radius 2 is 2.57 bits per heavy atom. The molecule has 2 N–H and O–H groups in total. The van der Waals surface area contributed by atoms with Crippen LogP contribution in [0.1, 0.15) is 35.0 Å². The summed E-state index contributed by atoms with van der Waals surface area (Å²) in [6.07, 6.45) is 2.12. The van der Waals surface area contributed by atoms with E-state index in [9.17, 15) is 4.79 Å². The highest BCUT2D eigenvalue weighted by Crippen LogP contribution is 2.23. The monoisotopic (exact) mass is 196 g/mol. The third-order valence-electron chi connectivity index (χ3n) is 2.45. The van der Waals surface area contributed by atoms with Gasteiger partial charge in [0.25, 0.3) is 0 Å². The molecular weight excluding hydrogens is 184 g/mol. The first-order chi connectivity index (χ1) is 6.77. The molecule has 1 aliphatic rings. The van der Waals surface area contributed by atoms with Crippen LogP contribution in [0.25, 0.3) is 0 Å². The van der Waals surface area contributed by atoms with Crippen LogP contribution < -0.4 is 5.32 Å². The maximum atomic E-state index is 10.6. The van der Waals surface area contributed by atoms with Crippen molar-refractivity contribution in [3.63, 3.8) is 0 Å². The summed E-state index contributed by atoms with van der Waals surface area (Å²) in [5, 5.41) is 15.4. The van der Waals surface area contributed by atoms with Crippen LogP contribution in [0, 0.1) is 0 Å². The first-order valence-electron chi connectivity index (χ1n) is 4.68. The van der Waals surface area contributed by atoms with Gasteiger partial charge in [0.15, 0.2) is 5.69 Å². The smallest absolute Gasteiger partial charge is 0.358 e. The van der Waals surface area contributed by atoms with Gasteiger partial charge >= 0.3 is 5.97 Å². The van der Waals surface area contributed by atoms with Crippen LogP contribution in [0.2, 0.25) is 0 Å². The fraction of sp³-hybridized carbons (Fsp3) is 0.556. The van der Waals surface area contributed by atoms with Gasteiger partial charge in [0.2, 0.25) is 0 Å². The Hall–Kier alpha value is -1.36. The SMILES string of the molecule is O=C(O)c1cc(C2CCCNC2)on1. The number of carbonyl (C=O) groups is 1. The third-order valence-corrected chi connectivity index (χ3v) is 2.45. The number of piperidine rings is 1. The van der Waals surface area contributed by atoms with E-state index in [-0.39, 0.29) is 11.6 Å². The lowest BCUT2D eigenvalue weighted by Gasteiger charge is -2.19. The number of carboxylic acid groups (broad SMARTS) is 1. The molecule has 2 rings (SSSR count). The molecule has 2 heterocycles. The standard InChI is InChI=1S/C9H12N2O3/c12-9(13)7-4-8(14-11-7)6-2-1-3-10-5-6/h4,6,10H,1-3,5H2,(H,12,13). The fourth-order valence-corrected chi connectivity index (χ4v) is 1.68. The van der Waals surface area contributed by atoms with Gasteiger partial charge in [0, 0.05) is 18.5 Å². The average molecular weight is 196 g/mol. The molecule has 0 radical (unpaired) electrons. The lowest BCUT2D eigenvalue weighted by Crippen LogP contribution is -2.28. The summed E-state index contributed by atoms with van der Waals surface area (Å²) < 4.78 is 4.99. The minimum Gasteiger partial charge on any atom is -0.476 e. The quantitative estimate of drug-likeness (QED) is 0.733. The second-order valence-corrected chi connectivity index (χ2v) is 3.46. The number of nitrogens with zero attached hydrogens (tertiary/aromatic N) is 1. The summed E-state index contributed by atoms with van der Waals surface area (Å²) in [6.45, 7) is 1.87. The van der Waals surface area contributed by atoms with Gasteiger partial charge < -0.3 is 14.9 Å². The van der Waals surface area contributed by atoms with E-state index in [4.69, 9.17) is 9.63 Å². The highest BCUT2D eigenvalue weighted by molar-refractivity contribution is 5.85. The fourth-order valence-electron chi connectivity index (χ4n) is 1.68. The second kappa shape index (κ2) is 3.79. The molecule has 1 saturated heterocycles. The number of nitrogens with one attached hydrogen (secondary N) is 1. The van der Waals surface area contributed by atoms with Gasteiger partial charge in [-0.3, -0.25) is 0 Å². The number of hydrogen-bond donors (Lipinski definition) is 2. The van der Waals surface area contributed by atoms with E-state index in [1.807, 2.05) is 0 Å². The molecule has 1 aromatic heterocycles. The van der Waals surface area contributed by atoms with Crippen molar-refractivity contribution in [1.82, 2.24) is 10.5 Å². The van der Waals surface area contributed by atoms with Gasteiger partial charge in [-0.25, -0.2) is 4.79 Å². The summed E-state index contributed by atoms with van der Waals surface area (Å²) in [6, 6.07) is 1.51. The topological polar surface area (TPSA) is 75.4 Å². The van der Waals surface area contributed by atoms with Gasteiger partial charge in [0.1, 0.15) is 5.76 Å². The summed E-state index contributed by atoms with van der Waals surface area (Å²) in [4.78, 5) is 10.6. The average Bonchev–Trinajstić information content (AvgIpc) is 2.68. The molecule has 0 amide bonds. The summed E-state index contributed by atoms with van der Waals surface area (Å²) >= 11 is 0. The highest BCUT2D eigenvalue weighted by Gasteiger charge is 2.21. The molecule has 1 aromatic rings. The zero-order valence-corrected chi connectivity index (χ0v) is 7.69. The van der Waals surface area contributed by atoms with E-state index in [1.54, 1.807) is 0 Å². The molecule has 0 saturated carbocycles. The van der Waals surface area contributed by atoms with Crippen molar-refractivity contribution in [3.05, 3.63) is 17.5 Å². The molecule has 5 heteroatoms. The van der Waals surface area contributed by atoms with Gasteiger partial charge in [-0.05, 0) is 19.4 Å². The van der Waals surface area contributed by atoms with Crippen LogP contribution in [0.4, 0.5) is 0 Å². The van der Waals surface area contributed by atoms with Crippen molar-refractivity contribution in [2.45, 2.75) is 18.8 Å². The Balaban J connectivity index is 2.11. The Morgan fingerprint density at radius 1 is 1.71 bits per heavy atom. The van der Waals surface area contributed by atoms with E-state index in [2.05, 4.69) is 10.5 Å². The number of hydrogen-bond acceptors (Lipinski definition) is 4. The molecule has 1 aliphatic heterocycles. The van der Waals surface area contributed by atoms with Crippen LogP contribution >= 0.6 is 0 Å². The first kappa shape index (κ1) is 9.21. The Morgan fingerprint density at radius 3 is 3.14 bits per heavy atom. The van der Waals surface area contributed by atoms with Crippen LogP contribution in [0.15, 0.2) is 10.6 Å². The molecule has 14 heavy (non-hydrogen) atoms. The number of rotatable bonds is 2. The molecule has 1 unspecified atom stereocenters. The van der Waals surface area contributed by atoms with Crippen LogP contribution in [0.5, 0.6) is 0 Å². The van der Waals surface area contributed by atoms with Crippen LogP contribution in [-0.2, 0) is 0 Å². The molecule has 1 atom stereocenters. The van der Waals surface area contributed by atoms with Crippen molar-refractivity contribution in [2.24, 2.45) is 0 Å². The lowest BCUT2D eigenvalue weighted by atomic mass is 9.97. The summed E-state index contributed by atoms with van der Waals surface area (Å²) in [5.41, 5.74) is -0.00873. The molecule has 0 aromatic carbocycles. The van der Waals surface area contributed by atoms with Crippen molar-refractivity contribution in [1.29, 1.82) is 0 Å². The first-order valence-corrected chi connectivity index (χ1v) is 4.68. The normalized spacial score (nSPS) is 22.1. The van der Waals surface area contributed by atoms with E-state index >= 15 is 0 Å². The van der Waals surface area contributed by atoms with E-state index in [1.165, 1.54) is 6.07 Å². The van der Waals surface area contributed by atoms with E-state index in [0.717, 1.165) is 25.9 Å². The molecule has 76 valence electrons. The molecule has 5 nitrogen and oxygen atoms in total. The number of aromatic carboxylic acids is 1. The number of carboxylic acids is 1. The van der Waals surface area contributed by atoms with Gasteiger partial charge in [-0.2, -0.15) is 0 Å². The van der Waals surface area contributed by atoms with E-state index < -0.39 is 5.97 Å². The predicted molar refractivity (Wildman–Crippen MR) is 48.3 cm³/mol. The number of aromatic nitrogens is 1. The van der Waals surface area contributed by atoms with Gasteiger partial charge in [-0.15, -0.1) is 0 Å². The predicted octanol–water partition coefficient (Wildman–Crippen LogP) is 0.840. The molecular formula is C9H12N2O3. The van der Waals surface area contributed by atoms with E-state index in [0.29, 0.717) is 5.76 Å². The zero-order chi connectivity index (χ0) is 9.97. The Bertz CT molecular complexity index is 329. The van der Waals surface area contributed by atoms with Gasteiger partial charge in [0.05, 0.1) is 0 Å². The van der Waals surface area contributed by atoms with Gasteiger partial charge in [-0.1, -0.05) is 5.16 Å². The molecule has 1 fully saturated rings. The van der Waals surface area contributed by atoms with Crippen LogP contribution in [0.3, 0.4) is 0 Å².